The quantitative estimate of drug-likeness (QED) is 0.576. The molecular formula is C16H23NO2. The number of unbranched alkanes of at least 4 members (excludes halogenated alkanes) is 1. The molecule has 1 atom stereocenters. The van der Waals surface area contributed by atoms with Crippen molar-refractivity contribution < 1.29 is 9.47 Å². The number of methoxy groups -OCH3 is 2. The summed E-state index contributed by atoms with van der Waals surface area (Å²) in [5, 5.41) is 3.48. The van der Waals surface area contributed by atoms with Crippen LogP contribution in [0, 0.1) is 12.3 Å². The second kappa shape index (κ2) is 8.44. The molecule has 0 spiro atoms. The Kier molecular flexibility index (Phi) is 6.84. The van der Waals surface area contributed by atoms with Gasteiger partial charge in [-0.3, -0.25) is 0 Å². The topological polar surface area (TPSA) is 30.5 Å². The predicted octanol–water partition coefficient (Wildman–Crippen LogP) is 3.16. The minimum absolute atomic E-state index is 0.239. The molecule has 3 heteroatoms. The molecule has 1 aromatic rings. The zero-order valence-electron chi connectivity index (χ0n) is 12.0. The van der Waals surface area contributed by atoms with Crippen LogP contribution in [-0.2, 0) is 0 Å². The molecule has 0 aliphatic heterocycles. The van der Waals surface area contributed by atoms with Gasteiger partial charge in [-0.25, -0.2) is 0 Å². The minimum Gasteiger partial charge on any atom is -0.493 e. The van der Waals surface area contributed by atoms with Crippen molar-refractivity contribution in [3.05, 3.63) is 23.8 Å². The van der Waals surface area contributed by atoms with E-state index in [1.165, 1.54) is 0 Å². The van der Waals surface area contributed by atoms with Crippen LogP contribution in [0.4, 0.5) is 0 Å². The highest BCUT2D eigenvalue weighted by molar-refractivity contribution is 5.48. The van der Waals surface area contributed by atoms with Crippen molar-refractivity contribution in [3.63, 3.8) is 0 Å². The average molecular weight is 261 g/mol. The number of hydrogen-bond donors (Lipinski definition) is 1. The van der Waals surface area contributed by atoms with Gasteiger partial charge in [-0.15, -0.1) is 12.3 Å². The van der Waals surface area contributed by atoms with Gasteiger partial charge < -0.3 is 14.8 Å². The highest BCUT2D eigenvalue weighted by Gasteiger charge is 2.17. The van der Waals surface area contributed by atoms with Crippen LogP contribution < -0.4 is 14.8 Å². The van der Waals surface area contributed by atoms with E-state index in [4.69, 9.17) is 15.9 Å². The van der Waals surface area contributed by atoms with Gasteiger partial charge in [0, 0.05) is 18.0 Å². The lowest BCUT2D eigenvalue weighted by molar-refractivity contribution is 0.345. The first-order valence-electron chi connectivity index (χ1n) is 6.66. The molecule has 0 radical (unpaired) electrons. The number of hydrogen-bond acceptors (Lipinski definition) is 3. The summed E-state index contributed by atoms with van der Waals surface area (Å²) in [5.41, 5.74) is 1.13. The number of rotatable bonds is 8. The second-order valence-electron chi connectivity index (χ2n) is 4.29. The molecule has 0 aliphatic rings. The van der Waals surface area contributed by atoms with Gasteiger partial charge >= 0.3 is 0 Å². The molecule has 0 saturated carbocycles. The van der Waals surface area contributed by atoms with E-state index >= 15 is 0 Å². The van der Waals surface area contributed by atoms with Crippen LogP contribution in [0.3, 0.4) is 0 Å². The third-order valence-electron chi connectivity index (χ3n) is 3.07. The molecule has 1 rings (SSSR count). The van der Waals surface area contributed by atoms with Crippen LogP contribution >= 0.6 is 0 Å². The van der Waals surface area contributed by atoms with Crippen molar-refractivity contribution in [1.82, 2.24) is 5.32 Å². The first-order valence-corrected chi connectivity index (χ1v) is 6.66. The van der Waals surface area contributed by atoms with E-state index in [0.717, 1.165) is 42.9 Å². The van der Waals surface area contributed by atoms with Crippen LogP contribution in [0.15, 0.2) is 18.2 Å². The van der Waals surface area contributed by atoms with Gasteiger partial charge in [0.05, 0.1) is 14.2 Å². The number of benzene rings is 1. The molecule has 1 aromatic carbocycles. The predicted molar refractivity (Wildman–Crippen MR) is 78.6 cm³/mol. The van der Waals surface area contributed by atoms with Crippen molar-refractivity contribution in [1.29, 1.82) is 0 Å². The summed E-state index contributed by atoms with van der Waals surface area (Å²) in [6.45, 7) is 3.00. The van der Waals surface area contributed by atoms with E-state index in [-0.39, 0.29) is 6.04 Å². The lowest BCUT2D eigenvalue weighted by Crippen LogP contribution is -2.21. The standard InChI is InChI=1S/C16H23NO2/c1-5-7-8-11-14(17-6-2)13-10-9-12-15(18-3)16(13)19-4/h1,9-10,12,14,17H,6-8,11H2,2-4H3. The van der Waals surface area contributed by atoms with Gasteiger partial charge in [0.2, 0.25) is 0 Å². The molecule has 0 fully saturated rings. The maximum absolute atomic E-state index is 5.50. The number of terminal acetylenes is 1. The molecule has 104 valence electrons. The first kappa shape index (κ1) is 15.4. The van der Waals surface area contributed by atoms with Crippen molar-refractivity contribution in [3.8, 4) is 23.8 Å². The molecule has 0 heterocycles. The Labute approximate surface area is 116 Å². The first-order chi connectivity index (χ1) is 9.28. The van der Waals surface area contributed by atoms with Crippen molar-refractivity contribution in [2.24, 2.45) is 0 Å². The largest absolute Gasteiger partial charge is 0.493 e. The monoisotopic (exact) mass is 261 g/mol. The SMILES string of the molecule is C#CCCCC(NCC)c1cccc(OC)c1OC. The Morgan fingerprint density at radius 2 is 2.11 bits per heavy atom. The molecule has 3 nitrogen and oxygen atoms in total. The van der Waals surface area contributed by atoms with E-state index in [1.807, 2.05) is 12.1 Å². The molecule has 1 unspecified atom stereocenters. The van der Waals surface area contributed by atoms with Crippen LogP contribution in [0.1, 0.15) is 37.8 Å². The van der Waals surface area contributed by atoms with E-state index in [9.17, 15) is 0 Å². The molecule has 0 saturated heterocycles. The number of ether oxygens (including phenoxy) is 2. The van der Waals surface area contributed by atoms with Crippen LogP contribution in [0.25, 0.3) is 0 Å². The molecule has 19 heavy (non-hydrogen) atoms. The molecule has 0 aliphatic carbocycles. The molecule has 0 bridgehead atoms. The smallest absolute Gasteiger partial charge is 0.165 e. The van der Waals surface area contributed by atoms with E-state index in [2.05, 4.69) is 24.2 Å². The van der Waals surface area contributed by atoms with E-state index in [0.29, 0.717) is 0 Å². The fourth-order valence-electron chi connectivity index (χ4n) is 2.21. The summed E-state index contributed by atoms with van der Waals surface area (Å²) in [5.74, 6) is 4.25. The summed E-state index contributed by atoms with van der Waals surface area (Å²) in [6, 6.07) is 6.21. The number of nitrogens with one attached hydrogen (secondary N) is 1. The molecule has 1 N–H and O–H groups in total. The summed E-state index contributed by atoms with van der Waals surface area (Å²) in [7, 11) is 3.33. The van der Waals surface area contributed by atoms with E-state index in [1.54, 1.807) is 14.2 Å². The Morgan fingerprint density at radius 1 is 1.32 bits per heavy atom. The summed E-state index contributed by atoms with van der Waals surface area (Å²) < 4.78 is 10.8. The molecular weight excluding hydrogens is 238 g/mol. The Morgan fingerprint density at radius 3 is 2.68 bits per heavy atom. The second-order valence-corrected chi connectivity index (χ2v) is 4.29. The van der Waals surface area contributed by atoms with Crippen LogP contribution in [0.5, 0.6) is 11.5 Å². The highest BCUT2D eigenvalue weighted by atomic mass is 16.5. The number of para-hydroxylation sites is 1. The van der Waals surface area contributed by atoms with Gasteiger partial charge in [-0.2, -0.15) is 0 Å². The average Bonchev–Trinajstić information content (AvgIpc) is 2.45. The summed E-state index contributed by atoms with van der Waals surface area (Å²) in [6.07, 6.45) is 8.10. The minimum atomic E-state index is 0.239. The van der Waals surface area contributed by atoms with Crippen molar-refractivity contribution in [2.45, 2.75) is 32.2 Å². The zero-order valence-corrected chi connectivity index (χ0v) is 12.0. The third kappa shape index (κ3) is 4.18. The maximum Gasteiger partial charge on any atom is 0.165 e. The Hall–Kier alpha value is -1.66. The van der Waals surface area contributed by atoms with Gasteiger partial charge in [0.25, 0.3) is 0 Å². The van der Waals surface area contributed by atoms with Crippen molar-refractivity contribution >= 4 is 0 Å². The van der Waals surface area contributed by atoms with Crippen LogP contribution in [-0.4, -0.2) is 20.8 Å². The Bertz CT molecular complexity index is 423. The van der Waals surface area contributed by atoms with Gasteiger partial charge in [-0.1, -0.05) is 19.1 Å². The lowest BCUT2D eigenvalue weighted by atomic mass is 9.99. The fourth-order valence-corrected chi connectivity index (χ4v) is 2.21. The maximum atomic E-state index is 5.50. The fraction of sp³-hybridized carbons (Fsp3) is 0.500. The molecule has 0 amide bonds. The highest BCUT2D eigenvalue weighted by Crippen LogP contribution is 2.36. The lowest BCUT2D eigenvalue weighted by Gasteiger charge is -2.21. The van der Waals surface area contributed by atoms with Gasteiger partial charge in [0.15, 0.2) is 11.5 Å². The third-order valence-corrected chi connectivity index (χ3v) is 3.07. The Balaban J connectivity index is 2.97. The summed E-state index contributed by atoms with van der Waals surface area (Å²) in [4.78, 5) is 0. The zero-order chi connectivity index (χ0) is 14.1. The summed E-state index contributed by atoms with van der Waals surface area (Å²) >= 11 is 0. The van der Waals surface area contributed by atoms with Gasteiger partial charge in [-0.05, 0) is 25.5 Å². The van der Waals surface area contributed by atoms with E-state index < -0.39 is 0 Å². The van der Waals surface area contributed by atoms with Crippen molar-refractivity contribution in [2.75, 3.05) is 20.8 Å². The van der Waals surface area contributed by atoms with Gasteiger partial charge in [0.1, 0.15) is 0 Å². The normalized spacial score (nSPS) is 11.7. The molecule has 0 aromatic heterocycles. The van der Waals surface area contributed by atoms with Crippen LogP contribution in [0.2, 0.25) is 0 Å².